The Hall–Kier alpha value is -3.28. The maximum Gasteiger partial charge on any atom is 0.190 e. The second kappa shape index (κ2) is 6.68. The summed E-state index contributed by atoms with van der Waals surface area (Å²) >= 11 is 0. The largest absolute Gasteiger partial charge is 0.507 e. The van der Waals surface area contributed by atoms with Crippen molar-refractivity contribution in [1.29, 1.82) is 0 Å². The minimum atomic E-state index is -0.479. The van der Waals surface area contributed by atoms with Crippen molar-refractivity contribution in [2.45, 2.75) is 13.3 Å². The lowest BCUT2D eigenvalue weighted by molar-refractivity contribution is 0.0989. The molecule has 0 radical (unpaired) electrons. The van der Waals surface area contributed by atoms with Gasteiger partial charge < -0.3 is 19.9 Å². The molecule has 25 heavy (non-hydrogen) atoms. The first kappa shape index (κ1) is 16.6. The summed E-state index contributed by atoms with van der Waals surface area (Å²) in [5.41, 5.74) is 1.99. The third kappa shape index (κ3) is 3.19. The quantitative estimate of drug-likeness (QED) is 0.635. The summed E-state index contributed by atoms with van der Waals surface area (Å²) in [5, 5.41) is 18.7. The molecule has 0 aliphatic heterocycles. The second-order valence-corrected chi connectivity index (χ2v) is 5.60. The number of hydrogen-bond acceptors (Lipinski definition) is 5. The van der Waals surface area contributed by atoms with E-state index in [0.29, 0.717) is 0 Å². The van der Waals surface area contributed by atoms with E-state index in [-0.39, 0.29) is 22.6 Å². The SMILES string of the molecule is CCCOc1cc2ccc1[nH]2.O=C1C=CC(=O)c2c(O)ccc(O)c21. The Balaban J connectivity index is 0.000000150. The van der Waals surface area contributed by atoms with Crippen LogP contribution in [-0.4, -0.2) is 33.4 Å². The van der Waals surface area contributed by atoms with Crippen molar-refractivity contribution in [3.63, 3.8) is 0 Å². The molecule has 1 aliphatic rings. The Morgan fingerprint density at radius 3 is 2.00 bits per heavy atom. The summed E-state index contributed by atoms with van der Waals surface area (Å²) in [5.74, 6) is -0.550. The van der Waals surface area contributed by atoms with Crippen LogP contribution in [0.3, 0.4) is 0 Å². The number of benzene rings is 2. The number of nitrogens with one attached hydrogen (secondary N) is 1. The van der Waals surface area contributed by atoms with Crippen LogP contribution >= 0.6 is 0 Å². The molecular weight excluding hydrogens is 322 g/mol. The monoisotopic (exact) mass is 339 g/mol. The lowest BCUT2D eigenvalue weighted by Gasteiger charge is -2.11. The van der Waals surface area contributed by atoms with Gasteiger partial charge in [-0.05, 0) is 42.8 Å². The summed E-state index contributed by atoms with van der Waals surface area (Å²) < 4.78 is 5.48. The number of fused-ring (bicyclic) bond motifs is 3. The molecule has 0 unspecified atom stereocenters. The van der Waals surface area contributed by atoms with Crippen molar-refractivity contribution in [2.75, 3.05) is 6.61 Å². The van der Waals surface area contributed by atoms with E-state index in [4.69, 9.17) is 4.74 Å². The van der Waals surface area contributed by atoms with Gasteiger partial charge >= 0.3 is 0 Å². The highest BCUT2D eigenvalue weighted by Gasteiger charge is 2.25. The molecule has 1 aliphatic carbocycles. The van der Waals surface area contributed by atoms with Gasteiger partial charge in [0.2, 0.25) is 0 Å². The molecule has 3 aromatic rings. The van der Waals surface area contributed by atoms with Crippen LogP contribution < -0.4 is 4.74 Å². The molecule has 0 saturated heterocycles. The molecule has 0 saturated carbocycles. The van der Waals surface area contributed by atoms with E-state index in [1.807, 2.05) is 18.2 Å². The Morgan fingerprint density at radius 2 is 1.56 bits per heavy atom. The Morgan fingerprint density at radius 1 is 0.960 bits per heavy atom. The minimum absolute atomic E-state index is 0.127. The van der Waals surface area contributed by atoms with E-state index in [0.717, 1.165) is 42.0 Å². The third-order valence-corrected chi connectivity index (χ3v) is 3.76. The first-order valence-electron chi connectivity index (χ1n) is 7.86. The van der Waals surface area contributed by atoms with Gasteiger partial charge in [0.25, 0.3) is 0 Å². The maximum atomic E-state index is 11.3. The second-order valence-electron chi connectivity index (χ2n) is 5.60. The lowest BCUT2D eigenvalue weighted by atomic mass is 9.93. The normalized spacial score (nSPS) is 12.8. The zero-order valence-electron chi connectivity index (χ0n) is 13.6. The number of rotatable bonds is 3. The molecule has 4 rings (SSSR count). The minimum Gasteiger partial charge on any atom is -0.507 e. The van der Waals surface area contributed by atoms with Crippen LogP contribution in [-0.2, 0) is 0 Å². The summed E-state index contributed by atoms with van der Waals surface area (Å²) in [6.07, 6.45) is 3.21. The first-order valence-corrected chi connectivity index (χ1v) is 7.86. The van der Waals surface area contributed by atoms with Gasteiger partial charge in [0.1, 0.15) is 17.2 Å². The van der Waals surface area contributed by atoms with Crippen molar-refractivity contribution in [3.05, 3.63) is 53.6 Å². The number of allylic oxidation sites excluding steroid dienone is 2. The van der Waals surface area contributed by atoms with Crippen molar-refractivity contribution >= 4 is 22.6 Å². The molecule has 6 heteroatoms. The van der Waals surface area contributed by atoms with Crippen LogP contribution in [0.25, 0.3) is 11.0 Å². The predicted octanol–water partition coefficient (Wildman–Crippen LogP) is 3.43. The standard InChI is InChI=1S/C10H6O4.C9H11NO/c11-5-1-2-6(12)10-8(14)4-3-7(13)9(5)10;1-2-5-11-9-6-7-3-4-8(9)10-7/h1-4,11-12H;3-4,6,10H,2,5H2,1H3. The highest BCUT2D eigenvalue weighted by Crippen LogP contribution is 2.32. The molecule has 2 bridgehead atoms. The van der Waals surface area contributed by atoms with E-state index in [1.165, 1.54) is 12.1 Å². The highest BCUT2D eigenvalue weighted by molar-refractivity contribution is 6.24. The van der Waals surface area contributed by atoms with Crippen LogP contribution in [0.15, 0.2) is 42.5 Å². The number of ketones is 2. The molecular formula is C19H17NO5. The maximum absolute atomic E-state index is 11.3. The lowest BCUT2D eigenvalue weighted by Crippen LogP contribution is -2.11. The zero-order chi connectivity index (χ0) is 18.0. The average molecular weight is 339 g/mol. The number of H-pyrrole nitrogens is 1. The summed E-state index contributed by atoms with van der Waals surface area (Å²) in [7, 11) is 0. The molecule has 1 aromatic carbocycles. The van der Waals surface area contributed by atoms with Gasteiger partial charge in [0, 0.05) is 11.6 Å². The topological polar surface area (TPSA) is 99.6 Å². The Bertz CT molecular complexity index is 911. The first-order chi connectivity index (χ1) is 12.0. The number of hydrogen-bond donors (Lipinski definition) is 3. The van der Waals surface area contributed by atoms with Gasteiger partial charge in [-0.2, -0.15) is 0 Å². The van der Waals surface area contributed by atoms with Gasteiger partial charge in [-0.15, -0.1) is 0 Å². The molecule has 0 atom stereocenters. The predicted molar refractivity (Wildman–Crippen MR) is 92.8 cm³/mol. The molecule has 6 nitrogen and oxygen atoms in total. The summed E-state index contributed by atoms with van der Waals surface area (Å²) in [6.45, 7) is 2.91. The molecule has 3 N–H and O–H groups in total. The van der Waals surface area contributed by atoms with E-state index in [9.17, 15) is 19.8 Å². The van der Waals surface area contributed by atoms with E-state index >= 15 is 0 Å². The number of carbonyl (C=O) groups excluding carboxylic acids is 2. The van der Waals surface area contributed by atoms with Crippen LogP contribution in [0.5, 0.6) is 17.2 Å². The van der Waals surface area contributed by atoms with Gasteiger partial charge in [-0.25, -0.2) is 0 Å². The number of ether oxygens (including phenoxy) is 1. The Labute approximate surface area is 143 Å². The van der Waals surface area contributed by atoms with Crippen LogP contribution in [0.4, 0.5) is 0 Å². The fourth-order valence-corrected chi connectivity index (χ4v) is 2.59. The van der Waals surface area contributed by atoms with Crippen LogP contribution in [0.1, 0.15) is 34.1 Å². The highest BCUT2D eigenvalue weighted by atomic mass is 16.5. The molecule has 0 spiro atoms. The third-order valence-electron chi connectivity index (χ3n) is 3.76. The average Bonchev–Trinajstić information content (AvgIpc) is 3.22. The Kier molecular flexibility index (Phi) is 4.43. The van der Waals surface area contributed by atoms with Crippen molar-refractivity contribution in [1.82, 2.24) is 4.98 Å². The number of aromatic hydroxyl groups is 2. The van der Waals surface area contributed by atoms with Gasteiger partial charge in [-0.3, -0.25) is 9.59 Å². The number of phenols is 2. The molecule has 128 valence electrons. The van der Waals surface area contributed by atoms with Crippen LogP contribution in [0, 0.1) is 0 Å². The van der Waals surface area contributed by atoms with Gasteiger partial charge in [0.05, 0.1) is 23.3 Å². The van der Waals surface area contributed by atoms with Gasteiger partial charge in [0.15, 0.2) is 11.6 Å². The molecule has 0 amide bonds. The molecule has 0 fully saturated rings. The number of phenolic OH excluding ortho intramolecular Hbond substituents is 2. The van der Waals surface area contributed by atoms with Crippen molar-refractivity contribution < 1.29 is 24.5 Å². The summed E-state index contributed by atoms with van der Waals surface area (Å²) in [6, 6.07) is 8.48. The summed E-state index contributed by atoms with van der Waals surface area (Å²) in [4.78, 5) is 25.8. The number of aromatic amines is 1. The van der Waals surface area contributed by atoms with E-state index < -0.39 is 11.6 Å². The smallest absolute Gasteiger partial charge is 0.190 e. The molecule has 2 aromatic heterocycles. The van der Waals surface area contributed by atoms with Gasteiger partial charge in [-0.1, -0.05) is 6.92 Å². The molecule has 2 heterocycles. The van der Waals surface area contributed by atoms with Crippen molar-refractivity contribution in [3.8, 4) is 17.2 Å². The van der Waals surface area contributed by atoms with Crippen LogP contribution in [0.2, 0.25) is 0 Å². The number of carbonyl (C=O) groups is 2. The number of aromatic nitrogens is 1. The zero-order valence-corrected chi connectivity index (χ0v) is 13.6. The fraction of sp³-hybridized carbons (Fsp3) is 0.158. The van der Waals surface area contributed by atoms with E-state index in [2.05, 4.69) is 11.9 Å². The van der Waals surface area contributed by atoms with E-state index in [1.54, 1.807) is 0 Å². The van der Waals surface area contributed by atoms with Crippen molar-refractivity contribution in [2.24, 2.45) is 0 Å². The fourth-order valence-electron chi connectivity index (χ4n) is 2.59.